The molecule has 0 fully saturated rings. The fourth-order valence-electron chi connectivity index (χ4n) is 2.22. The van der Waals surface area contributed by atoms with Gasteiger partial charge in [0.1, 0.15) is 0 Å². The Bertz CT molecular complexity index is 753. The third-order valence-corrected chi connectivity index (χ3v) is 3.80. The van der Waals surface area contributed by atoms with Crippen LogP contribution in [-0.4, -0.2) is 4.98 Å². The molecule has 2 aromatic carbocycles. The molecule has 0 aliphatic heterocycles. The van der Waals surface area contributed by atoms with E-state index in [9.17, 15) is 0 Å². The van der Waals surface area contributed by atoms with Crippen molar-refractivity contribution < 1.29 is 0 Å². The van der Waals surface area contributed by atoms with Gasteiger partial charge in [-0.25, -0.2) is 0 Å². The number of pyridine rings is 1. The highest BCUT2D eigenvalue weighted by molar-refractivity contribution is 9.10. The number of hydrogen-bond donors (Lipinski definition) is 1. The van der Waals surface area contributed by atoms with Crippen LogP contribution in [0.4, 0.5) is 5.69 Å². The lowest BCUT2D eigenvalue weighted by Crippen LogP contribution is -2.02. The van der Waals surface area contributed by atoms with Gasteiger partial charge in [-0.2, -0.15) is 0 Å². The predicted molar refractivity (Wildman–Crippen MR) is 87.9 cm³/mol. The molecular weight excluding hydrogens is 312 g/mol. The van der Waals surface area contributed by atoms with Crippen molar-refractivity contribution in [2.24, 2.45) is 0 Å². The van der Waals surface area contributed by atoms with Crippen LogP contribution >= 0.6 is 15.9 Å². The molecule has 3 heteroatoms. The Kier molecular flexibility index (Phi) is 3.70. The molecule has 3 rings (SSSR count). The standard InChI is InChI=1S/C17H15BrN2/c1-12-10-14(18)7-9-16(12)19-11-15-8-6-13-4-2-3-5-17(13)20-15/h2-10,19H,11H2,1H3. The first kappa shape index (κ1) is 13.1. The summed E-state index contributed by atoms with van der Waals surface area (Å²) in [5, 5.41) is 4.61. The lowest BCUT2D eigenvalue weighted by molar-refractivity contribution is 1.06. The molecule has 3 aromatic rings. The van der Waals surface area contributed by atoms with Crippen molar-refractivity contribution in [2.45, 2.75) is 13.5 Å². The third-order valence-electron chi connectivity index (χ3n) is 3.30. The molecule has 0 radical (unpaired) electrons. The van der Waals surface area contributed by atoms with Crippen molar-refractivity contribution in [3.05, 3.63) is 70.3 Å². The number of aryl methyl sites for hydroxylation is 1. The number of halogens is 1. The third kappa shape index (κ3) is 2.83. The number of para-hydroxylation sites is 1. The van der Waals surface area contributed by atoms with Crippen LogP contribution in [-0.2, 0) is 6.54 Å². The number of aromatic nitrogens is 1. The minimum atomic E-state index is 0.729. The summed E-state index contributed by atoms with van der Waals surface area (Å²) in [6.07, 6.45) is 0. The lowest BCUT2D eigenvalue weighted by atomic mass is 10.2. The summed E-state index contributed by atoms with van der Waals surface area (Å²) >= 11 is 3.48. The normalized spacial score (nSPS) is 10.7. The number of benzene rings is 2. The van der Waals surface area contributed by atoms with Gasteiger partial charge in [0.2, 0.25) is 0 Å². The van der Waals surface area contributed by atoms with E-state index >= 15 is 0 Å². The van der Waals surface area contributed by atoms with Crippen LogP contribution in [0.1, 0.15) is 11.3 Å². The zero-order valence-electron chi connectivity index (χ0n) is 11.2. The Morgan fingerprint density at radius 2 is 1.90 bits per heavy atom. The van der Waals surface area contributed by atoms with Crippen LogP contribution in [0.5, 0.6) is 0 Å². The first-order valence-corrected chi connectivity index (χ1v) is 7.36. The van der Waals surface area contributed by atoms with Gasteiger partial charge in [0.05, 0.1) is 17.8 Å². The second kappa shape index (κ2) is 5.63. The van der Waals surface area contributed by atoms with E-state index < -0.39 is 0 Å². The highest BCUT2D eigenvalue weighted by atomic mass is 79.9. The molecule has 0 saturated heterocycles. The molecular formula is C17H15BrN2. The Morgan fingerprint density at radius 1 is 1.05 bits per heavy atom. The van der Waals surface area contributed by atoms with Crippen LogP contribution in [0.2, 0.25) is 0 Å². The molecule has 2 nitrogen and oxygen atoms in total. The maximum absolute atomic E-state index is 4.67. The van der Waals surface area contributed by atoms with Crippen LogP contribution in [0.15, 0.2) is 59.1 Å². The van der Waals surface area contributed by atoms with E-state index in [1.165, 1.54) is 10.9 Å². The molecule has 1 N–H and O–H groups in total. The molecule has 1 heterocycles. The van der Waals surface area contributed by atoms with Gasteiger partial charge in [-0.15, -0.1) is 0 Å². The average molecular weight is 327 g/mol. The monoisotopic (exact) mass is 326 g/mol. The maximum atomic E-state index is 4.67. The van der Waals surface area contributed by atoms with E-state index in [1.54, 1.807) is 0 Å². The van der Waals surface area contributed by atoms with E-state index in [-0.39, 0.29) is 0 Å². The van der Waals surface area contributed by atoms with Gasteiger partial charge >= 0.3 is 0 Å². The molecule has 0 bridgehead atoms. The van der Waals surface area contributed by atoms with Crippen LogP contribution < -0.4 is 5.32 Å². The minimum Gasteiger partial charge on any atom is -0.379 e. The highest BCUT2D eigenvalue weighted by Crippen LogP contribution is 2.20. The second-order valence-electron chi connectivity index (χ2n) is 4.81. The molecule has 1 aromatic heterocycles. The van der Waals surface area contributed by atoms with Crippen LogP contribution in [0, 0.1) is 6.92 Å². The van der Waals surface area contributed by atoms with Crippen molar-refractivity contribution in [2.75, 3.05) is 5.32 Å². The first-order valence-electron chi connectivity index (χ1n) is 6.57. The molecule has 0 atom stereocenters. The molecule has 0 aliphatic carbocycles. The summed E-state index contributed by atoms with van der Waals surface area (Å²) < 4.78 is 1.10. The number of nitrogens with one attached hydrogen (secondary N) is 1. The van der Waals surface area contributed by atoms with Crippen molar-refractivity contribution in [3.63, 3.8) is 0 Å². The Labute approximate surface area is 127 Å². The van der Waals surface area contributed by atoms with E-state index in [0.717, 1.165) is 27.9 Å². The zero-order chi connectivity index (χ0) is 13.9. The topological polar surface area (TPSA) is 24.9 Å². The average Bonchev–Trinajstić information content (AvgIpc) is 2.46. The van der Waals surface area contributed by atoms with Crippen LogP contribution in [0.25, 0.3) is 10.9 Å². The van der Waals surface area contributed by atoms with E-state index in [0.29, 0.717) is 0 Å². The Hall–Kier alpha value is -1.87. The van der Waals surface area contributed by atoms with Crippen molar-refractivity contribution in [3.8, 4) is 0 Å². The van der Waals surface area contributed by atoms with Crippen molar-refractivity contribution >= 4 is 32.5 Å². The summed E-state index contributed by atoms with van der Waals surface area (Å²) in [5.74, 6) is 0. The van der Waals surface area contributed by atoms with Crippen molar-refractivity contribution in [1.82, 2.24) is 4.98 Å². The molecule has 0 spiro atoms. The van der Waals surface area contributed by atoms with Crippen LogP contribution in [0.3, 0.4) is 0 Å². The number of rotatable bonds is 3. The molecule has 20 heavy (non-hydrogen) atoms. The molecule has 100 valence electrons. The number of fused-ring (bicyclic) bond motifs is 1. The summed E-state index contributed by atoms with van der Waals surface area (Å²) in [5.41, 5.74) is 4.45. The summed E-state index contributed by atoms with van der Waals surface area (Å²) in [7, 11) is 0. The number of hydrogen-bond acceptors (Lipinski definition) is 2. The summed E-state index contributed by atoms with van der Waals surface area (Å²) in [4.78, 5) is 4.67. The largest absolute Gasteiger partial charge is 0.379 e. The predicted octanol–water partition coefficient (Wildman–Crippen LogP) is 4.92. The van der Waals surface area contributed by atoms with Gasteiger partial charge < -0.3 is 5.32 Å². The van der Waals surface area contributed by atoms with E-state index in [1.807, 2.05) is 24.3 Å². The number of anilines is 1. The van der Waals surface area contributed by atoms with Gasteiger partial charge in [0.15, 0.2) is 0 Å². The van der Waals surface area contributed by atoms with Gasteiger partial charge in [0.25, 0.3) is 0 Å². The Balaban J connectivity index is 1.79. The van der Waals surface area contributed by atoms with E-state index in [2.05, 4.69) is 63.5 Å². The van der Waals surface area contributed by atoms with Gasteiger partial charge in [-0.05, 0) is 42.8 Å². The molecule has 0 amide bonds. The molecule has 0 unspecified atom stereocenters. The number of nitrogens with zero attached hydrogens (tertiary/aromatic N) is 1. The zero-order valence-corrected chi connectivity index (χ0v) is 12.8. The molecule has 0 aliphatic rings. The lowest BCUT2D eigenvalue weighted by Gasteiger charge is -2.10. The van der Waals surface area contributed by atoms with E-state index in [4.69, 9.17) is 0 Å². The van der Waals surface area contributed by atoms with Gasteiger partial charge in [0, 0.05) is 15.5 Å². The minimum absolute atomic E-state index is 0.729. The SMILES string of the molecule is Cc1cc(Br)ccc1NCc1ccc2ccccc2n1. The summed E-state index contributed by atoms with van der Waals surface area (Å²) in [6.45, 7) is 2.83. The maximum Gasteiger partial charge on any atom is 0.0706 e. The fourth-order valence-corrected chi connectivity index (χ4v) is 2.69. The van der Waals surface area contributed by atoms with Crippen molar-refractivity contribution in [1.29, 1.82) is 0 Å². The quantitative estimate of drug-likeness (QED) is 0.739. The first-order chi connectivity index (χ1) is 9.72. The fraction of sp³-hybridized carbons (Fsp3) is 0.118. The molecule has 0 saturated carbocycles. The smallest absolute Gasteiger partial charge is 0.0706 e. The highest BCUT2D eigenvalue weighted by Gasteiger charge is 2.01. The second-order valence-corrected chi connectivity index (χ2v) is 5.72. The van der Waals surface area contributed by atoms with Gasteiger partial charge in [-0.3, -0.25) is 4.98 Å². The Morgan fingerprint density at radius 3 is 2.75 bits per heavy atom. The summed E-state index contributed by atoms with van der Waals surface area (Å²) in [6, 6.07) is 18.6. The van der Waals surface area contributed by atoms with Gasteiger partial charge in [-0.1, -0.05) is 40.2 Å².